The first-order chi connectivity index (χ1) is 9.28. The quantitative estimate of drug-likeness (QED) is 0.855. The van der Waals surface area contributed by atoms with Crippen LogP contribution in [0.2, 0.25) is 0 Å². The molecule has 3 nitrogen and oxygen atoms in total. The van der Waals surface area contributed by atoms with Gasteiger partial charge in [-0.1, -0.05) is 22.0 Å². The van der Waals surface area contributed by atoms with E-state index in [1.807, 2.05) is 6.92 Å². The number of anilines is 1. The molecule has 6 heteroatoms. The minimum absolute atomic E-state index is 0.0727. The van der Waals surface area contributed by atoms with E-state index >= 15 is 0 Å². The predicted molar refractivity (Wildman–Crippen MR) is 80.6 cm³/mol. The molecule has 2 aromatic rings. The summed E-state index contributed by atoms with van der Waals surface area (Å²) in [6.45, 7) is 1.83. The molecule has 0 unspecified atom stereocenters. The van der Waals surface area contributed by atoms with E-state index < -0.39 is 15.7 Å². The number of benzene rings is 2. The lowest BCUT2D eigenvalue weighted by Crippen LogP contribution is -2.08. The molecule has 2 N–H and O–H groups in total. The van der Waals surface area contributed by atoms with Gasteiger partial charge in [-0.3, -0.25) is 0 Å². The van der Waals surface area contributed by atoms with Crippen LogP contribution in [0.4, 0.5) is 10.1 Å². The van der Waals surface area contributed by atoms with Crippen LogP contribution in [0.3, 0.4) is 0 Å². The second-order valence-electron chi connectivity index (χ2n) is 4.58. The summed E-state index contributed by atoms with van der Waals surface area (Å²) in [4.78, 5) is 0.0727. The van der Waals surface area contributed by atoms with Crippen LogP contribution in [0, 0.1) is 12.7 Å². The van der Waals surface area contributed by atoms with Gasteiger partial charge in [0.2, 0.25) is 0 Å². The number of aryl methyl sites for hydroxylation is 1. The van der Waals surface area contributed by atoms with Gasteiger partial charge in [-0.15, -0.1) is 0 Å². The maximum Gasteiger partial charge on any atom is 0.184 e. The lowest BCUT2D eigenvalue weighted by atomic mass is 10.2. The van der Waals surface area contributed by atoms with Gasteiger partial charge < -0.3 is 5.73 Å². The maximum absolute atomic E-state index is 13.3. The highest BCUT2D eigenvalue weighted by Gasteiger charge is 2.19. The normalized spacial score (nSPS) is 11.6. The van der Waals surface area contributed by atoms with Gasteiger partial charge in [0.15, 0.2) is 9.84 Å². The molecule has 0 bridgehead atoms. The second-order valence-corrected chi connectivity index (χ2v) is 7.45. The van der Waals surface area contributed by atoms with Crippen LogP contribution in [-0.2, 0) is 15.6 Å². The fourth-order valence-corrected chi connectivity index (χ4v) is 3.91. The van der Waals surface area contributed by atoms with Gasteiger partial charge in [0.05, 0.1) is 16.3 Å². The Labute approximate surface area is 125 Å². The molecule has 20 heavy (non-hydrogen) atoms. The van der Waals surface area contributed by atoms with E-state index in [9.17, 15) is 12.8 Å². The topological polar surface area (TPSA) is 60.2 Å². The predicted octanol–water partition coefficient (Wildman–Crippen LogP) is 3.45. The fraction of sp³-hybridized carbons (Fsp3) is 0.143. The smallest absolute Gasteiger partial charge is 0.184 e. The highest BCUT2D eigenvalue weighted by molar-refractivity contribution is 9.10. The molecule has 0 radical (unpaired) electrons. The van der Waals surface area contributed by atoms with Crippen molar-refractivity contribution < 1.29 is 12.8 Å². The average molecular weight is 358 g/mol. The van der Waals surface area contributed by atoms with Crippen molar-refractivity contribution in [3.63, 3.8) is 0 Å². The summed E-state index contributed by atoms with van der Waals surface area (Å²) in [6, 6.07) is 8.82. The third-order valence-corrected chi connectivity index (χ3v) is 4.99. The first-order valence-electron chi connectivity index (χ1n) is 5.82. The summed E-state index contributed by atoms with van der Waals surface area (Å²) in [5.41, 5.74) is 7.22. The van der Waals surface area contributed by atoms with E-state index in [0.717, 1.165) is 5.56 Å². The summed E-state index contributed by atoms with van der Waals surface area (Å²) in [5.74, 6) is -0.780. The van der Waals surface area contributed by atoms with Gasteiger partial charge in [0.25, 0.3) is 0 Å². The van der Waals surface area contributed by atoms with Crippen LogP contribution >= 0.6 is 15.9 Å². The third-order valence-electron chi connectivity index (χ3n) is 2.78. The van der Waals surface area contributed by atoms with Crippen molar-refractivity contribution in [1.29, 1.82) is 0 Å². The summed E-state index contributed by atoms with van der Waals surface area (Å²) in [7, 11) is -3.61. The number of nitrogen functional groups attached to an aromatic ring is 1. The molecule has 0 fully saturated rings. The van der Waals surface area contributed by atoms with Crippen molar-refractivity contribution in [3.8, 4) is 0 Å². The van der Waals surface area contributed by atoms with Crippen molar-refractivity contribution in [2.24, 2.45) is 0 Å². The van der Waals surface area contributed by atoms with Crippen LogP contribution in [-0.4, -0.2) is 8.42 Å². The SMILES string of the molecule is Cc1ccc(S(=O)(=O)Cc2cc(F)cc(Br)c2)c(N)c1. The van der Waals surface area contributed by atoms with E-state index in [1.165, 1.54) is 18.2 Å². The van der Waals surface area contributed by atoms with Crippen LogP contribution in [0.1, 0.15) is 11.1 Å². The number of hydrogen-bond donors (Lipinski definition) is 1. The van der Waals surface area contributed by atoms with Crippen LogP contribution in [0.25, 0.3) is 0 Å². The number of rotatable bonds is 3. The number of halogens is 2. The van der Waals surface area contributed by atoms with Gasteiger partial charge in [-0.05, 0) is 48.4 Å². The first kappa shape index (κ1) is 15.0. The summed E-state index contributed by atoms with van der Waals surface area (Å²) in [6.07, 6.45) is 0. The molecule has 2 rings (SSSR count). The first-order valence-corrected chi connectivity index (χ1v) is 8.26. The molecule has 0 aliphatic carbocycles. The van der Waals surface area contributed by atoms with Crippen molar-refractivity contribution in [3.05, 3.63) is 57.8 Å². The highest BCUT2D eigenvalue weighted by Crippen LogP contribution is 2.25. The van der Waals surface area contributed by atoms with Gasteiger partial charge in [0, 0.05) is 4.47 Å². The van der Waals surface area contributed by atoms with Crippen molar-refractivity contribution in [1.82, 2.24) is 0 Å². The van der Waals surface area contributed by atoms with E-state index in [4.69, 9.17) is 5.73 Å². The molecule has 0 atom stereocenters. The Bertz CT molecular complexity index is 740. The molecule has 0 saturated heterocycles. The standard InChI is InChI=1S/C14H13BrFNO2S/c1-9-2-3-14(13(17)4-9)20(18,19)8-10-5-11(15)7-12(16)6-10/h2-7H,8,17H2,1H3. The number of nitrogens with two attached hydrogens (primary N) is 1. The molecule has 0 aliphatic heterocycles. The molecule has 0 spiro atoms. The summed E-state index contributed by atoms with van der Waals surface area (Å²) >= 11 is 3.14. The Kier molecular flexibility index (Phi) is 4.15. The van der Waals surface area contributed by atoms with Crippen LogP contribution in [0.15, 0.2) is 45.8 Å². The zero-order valence-corrected chi connectivity index (χ0v) is 13.1. The van der Waals surface area contributed by atoms with Crippen LogP contribution < -0.4 is 5.73 Å². The number of hydrogen-bond acceptors (Lipinski definition) is 3. The van der Waals surface area contributed by atoms with Crippen molar-refractivity contribution >= 4 is 31.5 Å². The monoisotopic (exact) mass is 357 g/mol. The Morgan fingerprint density at radius 2 is 1.90 bits per heavy atom. The fourth-order valence-electron chi connectivity index (χ4n) is 1.94. The minimum atomic E-state index is -3.61. The molecule has 0 heterocycles. The summed E-state index contributed by atoms with van der Waals surface area (Å²) < 4.78 is 38.5. The van der Waals surface area contributed by atoms with E-state index in [-0.39, 0.29) is 16.3 Å². The second kappa shape index (κ2) is 5.54. The number of sulfone groups is 1. The van der Waals surface area contributed by atoms with E-state index in [1.54, 1.807) is 18.2 Å². The largest absolute Gasteiger partial charge is 0.398 e. The van der Waals surface area contributed by atoms with Gasteiger partial charge in [0.1, 0.15) is 5.82 Å². The van der Waals surface area contributed by atoms with Crippen LogP contribution in [0.5, 0.6) is 0 Å². The Hall–Kier alpha value is -1.40. The van der Waals surface area contributed by atoms with Crippen molar-refractivity contribution in [2.45, 2.75) is 17.6 Å². The third kappa shape index (κ3) is 3.37. The minimum Gasteiger partial charge on any atom is -0.398 e. The Morgan fingerprint density at radius 3 is 2.50 bits per heavy atom. The maximum atomic E-state index is 13.3. The lowest BCUT2D eigenvalue weighted by molar-refractivity contribution is 0.595. The zero-order valence-electron chi connectivity index (χ0n) is 10.7. The average Bonchev–Trinajstić information content (AvgIpc) is 2.25. The van der Waals surface area contributed by atoms with E-state index in [2.05, 4.69) is 15.9 Å². The molecule has 0 aliphatic rings. The van der Waals surface area contributed by atoms with Gasteiger partial charge >= 0.3 is 0 Å². The molecule has 106 valence electrons. The van der Waals surface area contributed by atoms with Gasteiger partial charge in [-0.2, -0.15) is 0 Å². The molecular weight excluding hydrogens is 345 g/mol. The molecule has 0 aromatic heterocycles. The van der Waals surface area contributed by atoms with Gasteiger partial charge in [-0.25, -0.2) is 12.8 Å². The zero-order chi connectivity index (χ0) is 14.9. The van der Waals surface area contributed by atoms with Crippen molar-refractivity contribution in [2.75, 3.05) is 5.73 Å². The summed E-state index contributed by atoms with van der Waals surface area (Å²) in [5, 5.41) is 0. The Morgan fingerprint density at radius 1 is 1.20 bits per heavy atom. The van der Waals surface area contributed by atoms with E-state index in [0.29, 0.717) is 10.0 Å². The highest BCUT2D eigenvalue weighted by atomic mass is 79.9. The lowest BCUT2D eigenvalue weighted by Gasteiger charge is -2.09. The molecule has 0 saturated carbocycles. The Balaban J connectivity index is 2.40. The molecule has 0 amide bonds. The molecular formula is C14H13BrFNO2S. The molecule has 2 aromatic carbocycles.